The second-order valence-corrected chi connectivity index (χ2v) is 30.4. The number of carbonyl (C=O) groups is 2. The molecule has 0 fully saturated rings. The average Bonchev–Trinajstić information content (AvgIpc) is 4.03. The van der Waals surface area contributed by atoms with Gasteiger partial charge in [0, 0.05) is 20.5 Å². The fourth-order valence-electron chi connectivity index (χ4n) is 7.53. The van der Waals surface area contributed by atoms with Crippen LogP contribution < -0.4 is 24.9 Å². The molecule has 0 aliphatic heterocycles. The summed E-state index contributed by atoms with van der Waals surface area (Å²) < 4.78 is 92.8. The Morgan fingerprint density at radius 3 is 1.50 bits per heavy atom. The zero-order chi connectivity index (χ0) is 51.5. The number of hydrogen-bond acceptors (Lipinski definition) is 10. The number of anilines is 2. The van der Waals surface area contributed by atoms with Crippen molar-refractivity contribution in [3.8, 4) is 11.3 Å². The van der Waals surface area contributed by atoms with Gasteiger partial charge in [0.25, 0.3) is 0 Å². The number of carbonyl (C=O) groups excluding carboxylic acids is 2. The van der Waals surface area contributed by atoms with Crippen LogP contribution in [0.25, 0.3) is 11.3 Å². The Labute approximate surface area is 421 Å². The van der Waals surface area contributed by atoms with Gasteiger partial charge in [-0.05, 0) is 58.5 Å². The number of rotatable bonds is 19. The number of methoxy groups -OCH3 is 2. The summed E-state index contributed by atoms with van der Waals surface area (Å²) in [6.07, 6.45) is 1.99. The normalized spacial score (nSPS) is 11.4. The molecule has 0 saturated carbocycles. The van der Waals surface area contributed by atoms with Gasteiger partial charge in [-0.2, -0.15) is 26.3 Å². The zero-order valence-electron chi connectivity index (χ0n) is 39.7. The van der Waals surface area contributed by atoms with E-state index in [1.165, 1.54) is 96.0 Å². The van der Waals surface area contributed by atoms with Crippen molar-refractivity contribution >= 4 is 68.0 Å². The van der Waals surface area contributed by atoms with E-state index in [0.717, 1.165) is 42.8 Å². The van der Waals surface area contributed by atoms with Crippen molar-refractivity contribution in [2.45, 2.75) is 98.2 Å². The van der Waals surface area contributed by atoms with Gasteiger partial charge in [0.1, 0.15) is 12.3 Å². The third kappa shape index (κ3) is 16.0. The molecule has 0 aliphatic rings. The number of unbranched alkanes of at least 4 members (excludes halogenated alkanes) is 3. The van der Waals surface area contributed by atoms with E-state index in [-0.39, 0.29) is 43.9 Å². The monoisotopic (exact) mass is 1200 g/mol. The first-order valence-corrected chi connectivity index (χ1v) is 31.2. The van der Waals surface area contributed by atoms with Gasteiger partial charge in [-0.15, -0.1) is 5.10 Å². The minimum Gasteiger partial charge on any atom is -0.465 e. The minimum atomic E-state index is -4.70. The number of hydrogen-bond donors (Lipinski definition) is 2. The molecule has 20 heteroatoms. The topological polar surface area (TPSA) is 159 Å². The summed E-state index contributed by atoms with van der Waals surface area (Å²) in [5.41, 5.74) is 10.0. The van der Waals surface area contributed by atoms with Crippen molar-refractivity contribution < 1.29 is 55.1 Å². The van der Waals surface area contributed by atoms with Crippen LogP contribution in [0.4, 0.5) is 37.7 Å². The Balaban J connectivity index is 0.000000237. The number of halogens is 7. The van der Waals surface area contributed by atoms with Gasteiger partial charge in [0.15, 0.2) is 0 Å². The maximum absolute atomic E-state index is 13.6. The van der Waals surface area contributed by atoms with Crippen molar-refractivity contribution in [3.63, 3.8) is 0 Å². The molecule has 4 N–H and O–H groups in total. The van der Waals surface area contributed by atoms with E-state index in [0.29, 0.717) is 12.7 Å². The van der Waals surface area contributed by atoms with E-state index < -0.39 is 53.8 Å². The molecule has 0 aliphatic carbocycles. The molecule has 0 atom stereocenters. The first-order valence-electron chi connectivity index (χ1n) is 22.6. The Kier molecular flexibility index (Phi) is 22.2. The van der Waals surface area contributed by atoms with Crippen LogP contribution in [0.3, 0.4) is 0 Å². The van der Waals surface area contributed by atoms with Crippen LogP contribution in [-0.4, -0.2) is 64.4 Å². The molecule has 4 aromatic carbocycles. The predicted octanol–water partition coefficient (Wildman–Crippen LogP) is 11.8. The SMILES string of the molecule is CCC[CH2][Sn]([CH2]CCC)([CH2]CCC)[c]1ccnn1OCc1ccccc1.COC(=O)c1cc(-c2ccnn2OCc2ccccc2)c(C(F)(F)F)cc1N.COC(=O)c1cc(I)c(C(F)(F)F)cc1N. The molecule has 2 aromatic heterocycles. The number of benzene rings is 4. The summed E-state index contributed by atoms with van der Waals surface area (Å²) in [6.45, 7) is 7.64. The summed E-state index contributed by atoms with van der Waals surface area (Å²) in [5.74, 6) is -1.60. The van der Waals surface area contributed by atoms with Crippen molar-refractivity contribution in [1.82, 2.24) is 19.9 Å². The van der Waals surface area contributed by atoms with Crippen LogP contribution in [0.15, 0.2) is 109 Å². The van der Waals surface area contributed by atoms with E-state index in [1.807, 2.05) is 47.4 Å². The van der Waals surface area contributed by atoms with E-state index in [4.69, 9.17) is 21.1 Å². The van der Waals surface area contributed by atoms with Crippen molar-refractivity contribution in [1.29, 1.82) is 0 Å². The van der Waals surface area contributed by atoms with Crippen LogP contribution >= 0.6 is 22.6 Å². The van der Waals surface area contributed by atoms with Gasteiger partial charge in [0.2, 0.25) is 0 Å². The second-order valence-electron chi connectivity index (χ2n) is 16.2. The fraction of sp³-hybridized carbons (Fsp3) is 0.360. The van der Waals surface area contributed by atoms with Gasteiger partial charge in [-0.1, -0.05) is 35.2 Å². The summed E-state index contributed by atoms with van der Waals surface area (Å²) in [5, 5.41) is 8.50. The summed E-state index contributed by atoms with van der Waals surface area (Å²) in [6, 6.07) is 26.6. The fourth-order valence-corrected chi connectivity index (χ4v) is 24.2. The van der Waals surface area contributed by atoms with Crippen molar-refractivity contribution in [2.24, 2.45) is 0 Å². The van der Waals surface area contributed by atoms with Crippen molar-refractivity contribution in [3.05, 3.63) is 146 Å². The Morgan fingerprint density at radius 2 is 1.04 bits per heavy atom. The van der Waals surface area contributed by atoms with Gasteiger partial charge < -0.3 is 25.8 Å². The third-order valence-corrected chi connectivity index (χ3v) is 27.4. The molecule has 0 unspecified atom stereocenters. The largest absolute Gasteiger partial charge is 0.465 e. The van der Waals surface area contributed by atoms with Gasteiger partial charge in [-0.3, -0.25) is 0 Å². The average molecular weight is 1200 g/mol. The van der Waals surface area contributed by atoms with Crippen LogP contribution in [0.2, 0.25) is 13.3 Å². The number of aromatic nitrogens is 4. The molecule has 0 amide bonds. The molecule has 0 spiro atoms. The molecule has 0 radical (unpaired) electrons. The smallest absolute Gasteiger partial charge is 0.417 e. The molecular formula is C50H59F6IN6O6Sn. The van der Waals surface area contributed by atoms with E-state index >= 15 is 0 Å². The van der Waals surface area contributed by atoms with E-state index in [2.05, 4.69) is 70.8 Å². The Hall–Kier alpha value is -5.45. The molecule has 12 nitrogen and oxygen atoms in total. The van der Waals surface area contributed by atoms with E-state index in [9.17, 15) is 35.9 Å². The number of ether oxygens (including phenoxy) is 2. The zero-order valence-corrected chi connectivity index (χ0v) is 44.7. The van der Waals surface area contributed by atoms with Crippen molar-refractivity contribution in [2.75, 3.05) is 25.7 Å². The number of nitrogens with two attached hydrogens (primary N) is 2. The Bertz CT molecular complexity index is 2560. The molecule has 70 heavy (non-hydrogen) atoms. The first kappa shape index (κ1) is 57.1. The third-order valence-electron chi connectivity index (χ3n) is 11.2. The predicted molar refractivity (Wildman–Crippen MR) is 269 cm³/mol. The van der Waals surface area contributed by atoms with E-state index in [1.54, 1.807) is 0 Å². The number of nitrogens with zero attached hydrogens (tertiary/aromatic N) is 4. The molecule has 2 heterocycles. The molecule has 0 saturated heterocycles. The maximum Gasteiger partial charge on any atom is 0.417 e. The number of alkyl halides is 6. The molecule has 378 valence electrons. The standard InChI is InChI=1S/C19H16F3N3O3.C10H9N2O.C9H7F3INO2.3C4H9.Sn/c1-27-18(26)14-9-13(15(10-16(14)23)19(20,21)22)17-7-8-24-25(17)28-11-12-5-3-2-4-6-12;1-2-5-10(6-3-1)9-13-12-8-4-7-11-12;1-16-8(15)4-2-6(13)5(3-7(4)14)9(10,11)12;3*1-3-4-2;/h2-10H,11,23H2,1H3;1-7H,9H2;2-3H,14H2,1H3;3*1,3-4H2,2H3;. The quantitative estimate of drug-likeness (QED) is 0.0263. The number of esters is 2. The minimum absolute atomic E-state index is 0.0217. The summed E-state index contributed by atoms with van der Waals surface area (Å²) in [7, 11) is 2.25. The molecule has 6 aromatic rings. The Morgan fingerprint density at radius 1 is 0.614 bits per heavy atom. The van der Waals surface area contributed by atoms with Crippen LogP contribution in [0.5, 0.6) is 0 Å². The molecule has 6 rings (SSSR count). The van der Waals surface area contributed by atoms with Gasteiger partial charge in [0.05, 0.1) is 42.7 Å². The van der Waals surface area contributed by atoms with Crippen LogP contribution in [0.1, 0.15) is 102 Å². The van der Waals surface area contributed by atoms with Crippen LogP contribution in [-0.2, 0) is 35.0 Å². The van der Waals surface area contributed by atoms with Crippen LogP contribution in [0, 0.1) is 3.57 Å². The number of nitrogen functional groups attached to an aromatic ring is 2. The summed E-state index contributed by atoms with van der Waals surface area (Å²) in [4.78, 5) is 37.6. The second kappa shape index (κ2) is 27.2. The molecule has 0 bridgehead atoms. The molecular weight excluding hydrogens is 1140 g/mol. The van der Waals surface area contributed by atoms with Gasteiger partial charge >= 0.3 is 189 Å². The summed E-state index contributed by atoms with van der Waals surface area (Å²) >= 11 is -1.01. The first-order chi connectivity index (χ1) is 33.3. The van der Waals surface area contributed by atoms with Gasteiger partial charge in [-0.25, -0.2) is 9.59 Å². The maximum atomic E-state index is 13.6.